The Kier molecular flexibility index (Phi) is 5.83. The Balaban J connectivity index is 1.58. The average molecular weight is 394 g/mol. The highest BCUT2D eigenvalue weighted by Crippen LogP contribution is 2.19. The predicted molar refractivity (Wildman–Crippen MR) is 100 cm³/mol. The number of aryl methyl sites for hydroxylation is 1. The van der Waals surface area contributed by atoms with Crippen molar-refractivity contribution in [3.05, 3.63) is 29.8 Å². The molecule has 27 heavy (non-hydrogen) atoms. The second-order valence-corrected chi connectivity index (χ2v) is 8.97. The molecule has 1 atom stereocenters. The van der Waals surface area contributed by atoms with Crippen molar-refractivity contribution in [2.24, 2.45) is 0 Å². The van der Waals surface area contributed by atoms with Gasteiger partial charge in [-0.2, -0.15) is 4.31 Å². The molecule has 2 saturated heterocycles. The van der Waals surface area contributed by atoms with Gasteiger partial charge in [-0.05, 0) is 25.5 Å². The van der Waals surface area contributed by atoms with E-state index in [1.807, 2.05) is 18.7 Å². The molecule has 1 aromatic carbocycles. The summed E-state index contributed by atoms with van der Waals surface area (Å²) in [5.74, 6) is -0.198. The number of imide groups is 1. The molecule has 0 spiro atoms. The fourth-order valence-corrected chi connectivity index (χ4v) is 4.79. The number of piperazine rings is 1. The lowest BCUT2D eigenvalue weighted by Crippen LogP contribution is -2.52. The zero-order valence-electron chi connectivity index (χ0n) is 15.7. The van der Waals surface area contributed by atoms with E-state index < -0.39 is 16.1 Å². The molecule has 9 heteroatoms. The van der Waals surface area contributed by atoms with Crippen molar-refractivity contribution in [2.75, 3.05) is 32.8 Å². The molecule has 1 aromatic rings. The van der Waals surface area contributed by atoms with E-state index >= 15 is 0 Å². The average Bonchev–Trinajstić information content (AvgIpc) is 2.90. The van der Waals surface area contributed by atoms with Crippen molar-refractivity contribution < 1.29 is 18.0 Å². The second kappa shape index (κ2) is 7.95. The number of hydrogen-bond acceptors (Lipinski definition) is 5. The van der Waals surface area contributed by atoms with Gasteiger partial charge in [0.05, 0.1) is 11.6 Å². The van der Waals surface area contributed by atoms with E-state index in [-0.39, 0.29) is 23.5 Å². The molecule has 0 aliphatic carbocycles. The first kappa shape index (κ1) is 19.8. The summed E-state index contributed by atoms with van der Waals surface area (Å²) in [5, 5.41) is 2.71. The molecule has 0 unspecified atom stereocenters. The second-order valence-electron chi connectivity index (χ2n) is 7.03. The van der Waals surface area contributed by atoms with Crippen LogP contribution in [0.5, 0.6) is 0 Å². The summed E-state index contributed by atoms with van der Waals surface area (Å²) in [6, 6.07) is 6.01. The van der Waals surface area contributed by atoms with Gasteiger partial charge in [0.15, 0.2) is 0 Å². The van der Waals surface area contributed by atoms with Gasteiger partial charge in [-0.15, -0.1) is 0 Å². The monoisotopic (exact) mass is 394 g/mol. The number of urea groups is 1. The summed E-state index contributed by atoms with van der Waals surface area (Å²) >= 11 is 0. The van der Waals surface area contributed by atoms with E-state index in [9.17, 15) is 18.0 Å². The minimum absolute atomic E-state index is 0.198. The molecular formula is C18H26N4O4S. The minimum Gasteiger partial charge on any atom is -0.326 e. The summed E-state index contributed by atoms with van der Waals surface area (Å²) < 4.78 is 27.0. The van der Waals surface area contributed by atoms with E-state index in [2.05, 4.69) is 5.32 Å². The first-order chi connectivity index (χ1) is 12.8. The number of nitrogens with one attached hydrogen (secondary N) is 1. The van der Waals surface area contributed by atoms with Crippen LogP contribution in [-0.4, -0.2) is 73.4 Å². The molecule has 148 valence electrons. The number of carbonyl (C=O) groups is 2. The van der Waals surface area contributed by atoms with E-state index in [4.69, 9.17) is 0 Å². The molecule has 2 fully saturated rings. The van der Waals surface area contributed by atoms with Crippen LogP contribution in [0.1, 0.15) is 25.3 Å². The molecule has 2 aliphatic heterocycles. The maximum atomic E-state index is 12.7. The molecule has 0 aromatic heterocycles. The summed E-state index contributed by atoms with van der Waals surface area (Å²) in [6.45, 7) is 5.69. The maximum absolute atomic E-state index is 12.7. The van der Waals surface area contributed by atoms with Crippen LogP contribution in [0.15, 0.2) is 29.2 Å². The lowest BCUT2D eigenvalue weighted by atomic mass is 10.2. The van der Waals surface area contributed by atoms with Crippen LogP contribution in [0, 0.1) is 6.92 Å². The van der Waals surface area contributed by atoms with Crippen LogP contribution in [-0.2, 0) is 14.8 Å². The van der Waals surface area contributed by atoms with Crippen LogP contribution < -0.4 is 5.32 Å². The van der Waals surface area contributed by atoms with Gasteiger partial charge in [0, 0.05) is 26.2 Å². The summed E-state index contributed by atoms with van der Waals surface area (Å²) in [6.07, 6.45) is 1.45. The highest BCUT2D eigenvalue weighted by atomic mass is 32.2. The van der Waals surface area contributed by atoms with Gasteiger partial charge in [-0.25, -0.2) is 18.1 Å². The number of rotatable bonds is 6. The van der Waals surface area contributed by atoms with Crippen molar-refractivity contribution >= 4 is 22.0 Å². The Morgan fingerprint density at radius 2 is 1.70 bits per heavy atom. The Hall–Kier alpha value is -1.97. The van der Waals surface area contributed by atoms with Gasteiger partial charge < -0.3 is 5.32 Å². The Morgan fingerprint density at radius 1 is 1.07 bits per heavy atom. The number of carbonyl (C=O) groups excluding carboxylic acids is 2. The van der Waals surface area contributed by atoms with Crippen LogP contribution in [0.3, 0.4) is 0 Å². The highest BCUT2D eigenvalue weighted by molar-refractivity contribution is 7.89. The summed E-state index contributed by atoms with van der Waals surface area (Å²) in [4.78, 5) is 27.8. The zero-order chi connectivity index (χ0) is 19.6. The van der Waals surface area contributed by atoms with Gasteiger partial charge in [0.2, 0.25) is 10.0 Å². The quantitative estimate of drug-likeness (QED) is 0.727. The molecular weight excluding hydrogens is 368 g/mol. The summed E-state index contributed by atoms with van der Waals surface area (Å²) in [7, 11) is -3.52. The number of benzene rings is 1. The summed E-state index contributed by atoms with van der Waals surface area (Å²) in [5.41, 5.74) is 1.01. The highest BCUT2D eigenvalue weighted by Gasteiger charge is 2.39. The standard InChI is InChI=1S/C18H26N4O4S/c1-3-4-16-17(23)22(18(24)19-16)13-20-9-11-21(12-10-20)27(25,26)15-7-5-14(2)6-8-15/h5-8,16H,3-4,9-13H2,1-2H3,(H,19,24)/t16-/m1/s1. The van der Waals surface area contributed by atoms with E-state index in [0.29, 0.717) is 32.6 Å². The normalized spacial score (nSPS) is 22.3. The molecule has 2 heterocycles. The van der Waals surface area contributed by atoms with E-state index in [1.54, 1.807) is 24.3 Å². The Labute approximate surface area is 160 Å². The number of hydrogen-bond donors (Lipinski definition) is 1. The van der Waals surface area contributed by atoms with Crippen molar-refractivity contribution in [1.29, 1.82) is 0 Å². The van der Waals surface area contributed by atoms with Crippen molar-refractivity contribution in [2.45, 2.75) is 37.6 Å². The van der Waals surface area contributed by atoms with E-state index in [0.717, 1.165) is 12.0 Å². The van der Waals surface area contributed by atoms with Gasteiger partial charge in [-0.3, -0.25) is 9.69 Å². The minimum atomic E-state index is -3.52. The molecule has 0 bridgehead atoms. The maximum Gasteiger partial charge on any atom is 0.325 e. The lowest BCUT2D eigenvalue weighted by molar-refractivity contribution is -0.129. The predicted octanol–water partition coefficient (Wildman–Crippen LogP) is 0.979. The topological polar surface area (TPSA) is 90.0 Å². The molecule has 3 amide bonds. The van der Waals surface area contributed by atoms with Gasteiger partial charge in [-0.1, -0.05) is 31.0 Å². The van der Waals surface area contributed by atoms with Gasteiger partial charge >= 0.3 is 6.03 Å². The number of sulfonamides is 1. The molecule has 0 radical (unpaired) electrons. The first-order valence-corrected chi connectivity index (χ1v) is 10.7. The van der Waals surface area contributed by atoms with Crippen molar-refractivity contribution in [3.8, 4) is 0 Å². The third-order valence-corrected chi connectivity index (χ3v) is 6.93. The molecule has 3 rings (SSSR count). The van der Waals surface area contributed by atoms with Crippen LogP contribution in [0.4, 0.5) is 4.79 Å². The fraction of sp³-hybridized carbons (Fsp3) is 0.556. The van der Waals surface area contributed by atoms with Gasteiger partial charge in [0.1, 0.15) is 6.04 Å². The first-order valence-electron chi connectivity index (χ1n) is 9.24. The fourth-order valence-electron chi connectivity index (χ4n) is 3.37. The Bertz CT molecular complexity index is 801. The van der Waals surface area contributed by atoms with Crippen LogP contribution in [0.25, 0.3) is 0 Å². The van der Waals surface area contributed by atoms with Crippen LogP contribution in [0.2, 0.25) is 0 Å². The molecule has 8 nitrogen and oxygen atoms in total. The van der Waals surface area contributed by atoms with Crippen LogP contribution >= 0.6 is 0 Å². The van der Waals surface area contributed by atoms with Gasteiger partial charge in [0.25, 0.3) is 5.91 Å². The number of nitrogens with zero attached hydrogens (tertiary/aromatic N) is 3. The third kappa shape index (κ3) is 4.15. The number of amides is 3. The molecule has 2 aliphatic rings. The third-order valence-electron chi connectivity index (χ3n) is 5.02. The smallest absolute Gasteiger partial charge is 0.325 e. The Morgan fingerprint density at radius 3 is 2.30 bits per heavy atom. The van der Waals surface area contributed by atoms with Crippen molar-refractivity contribution in [1.82, 2.24) is 19.4 Å². The lowest BCUT2D eigenvalue weighted by Gasteiger charge is -2.35. The molecule has 0 saturated carbocycles. The van der Waals surface area contributed by atoms with Crippen molar-refractivity contribution in [3.63, 3.8) is 0 Å². The largest absolute Gasteiger partial charge is 0.326 e. The zero-order valence-corrected chi connectivity index (χ0v) is 16.5. The van der Waals surface area contributed by atoms with E-state index in [1.165, 1.54) is 9.21 Å². The SMILES string of the molecule is CCC[C@H]1NC(=O)N(CN2CCN(S(=O)(=O)c3ccc(C)cc3)CC2)C1=O. The molecule has 1 N–H and O–H groups in total.